The lowest BCUT2D eigenvalue weighted by molar-refractivity contribution is -0.384. The van der Waals surface area contributed by atoms with Gasteiger partial charge in [0.05, 0.1) is 4.92 Å². The second-order valence-corrected chi connectivity index (χ2v) is 4.69. The average Bonchev–Trinajstić information content (AvgIpc) is 2.19. The molecule has 86 valence electrons. The maximum absolute atomic E-state index is 10.6. The molecule has 0 aromatic heterocycles. The van der Waals surface area contributed by atoms with Crippen LogP contribution in [0.1, 0.15) is 5.56 Å². The molecule has 0 radical (unpaired) electrons. The minimum atomic E-state index is -0.491. The lowest BCUT2D eigenvalue weighted by atomic mass is 10.2. The summed E-state index contributed by atoms with van der Waals surface area (Å²) in [4.78, 5) is 10.1. The molecule has 0 spiro atoms. The monoisotopic (exact) mass is 304 g/mol. The normalized spacial score (nSPS) is 10.1. The van der Waals surface area contributed by atoms with Crippen molar-refractivity contribution >= 4 is 33.2 Å². The Balaban J connectivity index is 2.71. The minimum absolute atomic E-state index is 0.0707. The first-order valence-electron chi connectivity index (χ1n) is 4.47. The quantitative estimate of drug-likeness (QED) is 0.671. The Morgan fingerprint density at radius 2 is 2.31 bits per heavy atom. The number of halogens is 2. The van der Waals surface area contributed by atoms with E-state index in [4.69, 9.17) is 11.6 Å². The second-order valence-electron chi connectivity index (χ2n) is 3.16. The summed E-state index contributed by atoms with van der Waals surface area (Å²) < 4.78 is 0.830. The predicted octanol–water partition coefficient (Wildman–Crippen LogP) is 3.25. The van der Waals surface area contributed by atoms with Crippen molar-refractivity contribution in [2.24, 2.45) is 0 Å². The molecule has 16 heavy (non-hydrogen) atoms. The molecule has 1 aromatic carbocycles. The number of hydrogen-bond donors (Lipinski definition) is 1. The molecule has 0 aliphatic rings. The van der Waals surface area contributed by atoms with Crippen molar-refractivity contribution < 1.29 is 4.92 Å². The lowest BCUT2D eigenvalue weighted by Gasteiger charge is -2.04. The molecule has 0 unspecified atom stereocenters. The second kappa shape index (κ2) is 5.98. The summed E-state index contributed by atoms with van der Waals surface area (Å²) in [6, 6.07) is 4.74. The Kier molecular flexibility index (Phi) is 4.92. The topological polar surface area (TPSA) is 55.2 Å². The Morgan fingerprint density at radius 3 is 2.88 bits per heavy atom. The number of benzene rings is 1. The standard InChI is InChI=1S/C10H10BrClN2O2/c1-7(11)5-13-6-8-2-3-9(12)10(4-8)14(15)16/h2-4,13H,1,5-6H2. The molecule has 1 rings (SSSR count). The average molecular weight is 306 g/mol. The van der Waals surface area contributed by atoms with E-state index in [1.54, 1.807) is 6.07 Å². The minimum Gasteiger partial charge on any atom is -0.308 e. The Bertz CT molecular complexity index is 423. The van der Waals surface area contributed by atoms with Crippen molar-refractivity contribution in [1.29, 1.82) is 0 Å². The van der Waals surface area contributed by atoms with Crippen molar-refractivity contribution in [3.05, 3.63) is 50.0 Å². The third kappa shape index (κ3) is 3.92. The number of nitro groups is 1. The van der Waals surface area contributed by atoms with Crippen molar-refractivity contribution in [1.82, 2.24) is 5.32 Å². The van der Waals surface area contributed by atoms with E-state index in [0.29, 0.717) is 13.1 Å². The first kappa shape index (κ1) is 13.2. The summed E-state index contributed by atoms with van der Waals surface area (Å²) in [5.74, 6) is 0. The number of nitrogens with one attached hydrogen (secondary N) is 1. The maximum Gasteiger partial charge on any atom is 0.288 e. The van der Waals surface area contributed by atoms with Crippen LogP contribution in [0.2, 0.25) is 5.02 Å². The molecule has 0 heterocycles. The van der Waals surface area contributed by atoms with Gasteiger partial charge in [-0.1, -0.05) is 40.2 Å². The van der Waals surface area contributed by atoms with Gasteiger partial charge >= 0.3 is 0 Å². The zero-order valence-corrected chi connectivity index (χ0v) is 10.7. The Hall–Kier alpha value is -0.910. The van der Waals surface area contributed by atoms with Crippen molar-refractivity contribution in [3.63, 3.8) is 0 Å². The number of hydrogen-bond acceptors (Lipinski definition) is 3. The van der Waals surface area contributed by atoms with Gasteiger partial charge in [0.2, 0.25) is 0 Å². The third-order valence-corrected chi connectivity index (χ3v) is 2.45. The van der Waals surface area contributed by atoms with Crippen LogP contribution < -0.4 is 5.32 Å². The van der Waals surface area contributed by atoms with Gasteiger partial charge in [0.15, 0.2) is 0 Å². The largest absolute Gasteiger partial charge is 0.308 e. The molecule has 6 heteroatoms. The predicted molar refractivity (Wildman–Crippen MR) is 67.9 cm³/mol. The van der Waals surface area contributed by atoms with E-state index < -0.39 is 4.92 Å². The summed E-state index contributed by atoms with van der Waals surface area (Å²) in [5, 5.41) is 13.9. The molecule has 1 N–H and O–H groups in total. The molecular formula is C10H10BrClN2O2. The highest BCUT2D eigenvalue weighted by molar-refractivity contribution is 9.11. The molecule has 0 fully saturated rings. The Morgan fingerprint density at radius 1 is 1.62 bits per heavy atom. The van der Waals surface area contributed by atoms with Gasteiger partial charge in [-0.05, 0) is 11.6 Å². The zero-order chi connectivity index (χ0) is 12.1. The molecule has 0 atom stereocenters. The van der Waals surface area contributed by atoms with Crippen LogP contribution in [0, 0.1) is 10.1 Å². The number of nitro benzene ring substituents is 1. The molecule has 0 saturated heterocycles. The van der Waals surface area contributed by atoms with Crippen LogP contribution in [0.3, 0.4) is 0 Å². The fourth-order valence-corrected chi connectivity index (χ4v) is 1.54. The Labute approximate surface area is 107 Å². The molecule has 0 saturated carbocycles. The van der Waals surface area contributed by atoms with Crippen LogP contribution in [0.5, 0.6) is 0 Å². The van der Waals surface area contributed by atoms with Gasteiger partial charge in [0.25, 0.3) is 5.69 Å². The first-order valence-corrected chi connectivity index (χ1v) is 5.64. The van der Waals surface area contributed by atoms with Gasteiger partial charge in [-0.3, -0.25) is 10.1 Å². The highest BCUT2D eigenvalue weighted by Crippen LogP contribution is 2.24. The summed E-state index contributed by atoms with van der Waals surface area (Å²) in [7, 11) is 0. The van der Waals surface area contributed by atoms with Gasteiger partial charge in [-0.15, -0.1) is 0 Å². The highest BCUT2D eigenvalue weighted by atomic mass is 79.9. The van der Waals surface area contributed by atoms with Gasteiger partial charge in [0, 0.05) is 23.6 Å². The molecule has 1 aromatic rings. The van der Waals surface area contributed by atoms with Gasteiger partial charge in [-0.25, -0.2) is 0 Å². The third-order valence-electron chi connectivity index (χ3n) is 1.85. The number of nitrogens with zero attached hydrogens (tertiary/aromatic N) is 1. The maximum atomic E-state index is 10.6. The van der Waals surface area contributed by atoms with E-state index in [9.17, 15) is 10.1 Å². The molecular weight excluding hydrogens is 295 g/mol. The van der Waals surface area contributed by atoms with Crippen molar-refractivity contribution in [2.75, 3.05) is 6.54 Å². The highest BCUT2D eigenvalue weighted by Gasteiger charge is 2.12. The molecule has 0 amide bonds. The van der Waals surface area contributed by atoms with E-state index in [0.717, 1.165) is 10.0 Å². The van der Waals surface area contributed by atoms with Crippen LogP contribution in [-0.2, 0) is 6.54 Å². The van der Waals surface area contributed by atoms with E-state index >= 15 is 0 Å². The van der Waals surface area contributed by atoms with Crippen LogP contribution in [0.4, 0.5) is 5.69 Å². The summed E-state index contributed by atoms with van der Waals surface area (Å²) >= 11 is 8.90. The van der Waals surface area contributed by atoms with Gasteiger partial charge in [0.1, 0.15) is 5.02 Å². The van der Waals surface area contributed by atoms with E-state index in [-0.39, 0.29) is 10.7 Å². The van der Waals surface area contributed by atoms with Crippen LogP contribution >= 0.6 is 27.5 Å². The van der Waals surface area contributed by atoms with Gasteiger partial charge < -0.3 is 5.32 Å². The smallest absolute Gasteiger partial charge is 0.288 e. The fraction of sp³-hybridized carbons (Fsp3) is 0.200. The SMILES string of the molecule is C=C(Br)CNCc1ccc(Cl)c([N+](=O)[O-])c1. The molecule has 0 aliphatic carbocycles. The summed E-state index contributed by atoms with van der Waals surface area (Å²) in [5.41, 5.74) is 0.739. The van der Waals surface area contributed by atoms with E-state index in [1.807, 2.05) is 0 Å². The zero-order valence-electron chi connectivity index (χ0n) is 8.37. The molecule has 0 bridgehead atoms. The molecule has 0 aliphatic heterocycles. The fourth-order valence-electron chi connectivity index (χ4n) is 1.15. The van der Waals surface area contributed by atoms with E-state index in [1.165, 1.54) is 12.1 Å². The first-order chi connectivity index (χ1) is 7.50. The number of rotatable bonds is 5. The van der Waals surface area contributed by atoms with Crippen LogP contribution in [-0.4, -0.2) is 11.5 Å². The summed E-state index contributed by atoms with van der Waals surface area (Å²) in [6.45, 7) is 4.81. The van der Waals surface area contributed by atoms with Crippen LogP contribution in [0.15, 0.2) is 29.3 Å². The van der Waals surface area contributed by atoms with Crippen molar-refractivity contribution in [3.8, 4) is 0 Å². The molecule has 4 nitrogen and oxygen atoms in total. The van der Waals surface area contributed by atoms with Crippen LogP contribution in [0.25, 0.3) is 0 Å². The lowest BCUT2D eigenvalue weighted by Crippen LogP contribution is -2.14. The summed E-state index contributed by atoms with van der Waals surface area (Å²) in [6.07, 6.45) is 0. The van der Waals surface area contributed by atoms with Gasteiger partial charge in [-0.2, -0.15) is 0 Å². The van der Waals surface area contributed by atoms with Crippen molar-refractivity contribution in [2.45, 2.75) is 6.54 Å². The van der Waals surface area contributed by atoms with E-state index in [2.05, 4.69) is 27.8 Å².